The lowest BCUT2D eigenvalue weighted by Crippen LogP contribution is -2.05. The summed E-state index contributed by atoms with van der Waals surface area (Å²) in [5, 5.41) is 0. The van der Waals surface area contributed by atoms with Crippen molar-refractivity contribution in [3.8, 4) is 0 Å². The van der Waals surface area contributed by atoms with Gasteiger partial charge in [0, 0.05) is 11.1 Å². The molecule has 0 aromatic heterocycles. The van der Waals surface area contributed by atoms with Crippen LogP contribution in [0.4, 0.5) is 0 Å². The number of hydrogen-bond acceptors (Lipinski definition) is 1. The van der Waals surface area contributed by atoms with E-state index in [0.29, 0.717) is 4.90 Å². The van der Waals surface area contributed by atoms with Gasteiger partial charge in [-0.1, -0.05) is 77.9 Å². The summed E-state index contributed by atoms with van der Waals surface area (Å²) < 4.78 is 17.2. The highest BCUT2D eigenvalue weighted by molar-refractivity contribution is 7.84. The Labute approximate surface area is 145 Å². The van der Waals surface area contributed by atoms with E-state index in [-0.39, 0.29) is 0 Å². The first-order valence-electron chi connectivity index (χ1n) is 7.83. The highest BCUT2D eigenvalue weighted by atomic mass is 32.2. The predicted octanol–water partition coefficient (Wildman–Crippen LogP) is 4.86. The van der Waals surface area contributed by atoms with E-state index >= 15 is 0 Å². The molecule has 0 aliphatic rings. The Bertz CT molecular complexity index is 818. The summed E-state index contributed by atoms with van der Waals surface area (Å²) in [4.78, 5) is 0.703. The van der Waals surface area contributed by atoms with Gasteiger partial charge in [0.05, 0.1) is 10.6 Å². The monoisotopic (exact) mass is 333 g/mol. The summed E-state index contributed by atoms with van der Waals surface area (Å²) in [6.07, 6.45) is 0. The van der Waals surface area contributed by atoms with Crippen molar-refractivity contribution in [2.75, 3.05) is 0 Å². The summed E-state index contributed by atoms with van der Waals surface area (Å²) in [6.45, 7) is 4.10. The Balaban J connectivity index is 2.07. The van der Waals surface area contributed by atoms with Gasteiger partial charge in [-0.15, -0.1) is 0 Å². The number of rotatable bonds is 4. The third-order valence-corrected chi connectivity index (χ3v) is 4.79. The predicted molar refractivity (Wildman–Crippen MR) is 101 cm³/mol. The standard InChI is InChI=1S/C21H19NOS/c1-16-8-12-18(13-9-16)21(19-14-10-17(2)11-15-19)22-24(23)20-6-4-3-5-7-20/h3-15H,1-2H3/t24-/m0/s1. The topological polar surface area (TPSA) is 29.4 Å². The van der Waals surface area contributed by atoms with Crippen LogP contribution in [0.15, 0.2) is 88.2 Å². The number of aryl methyl sites for hydroxylation is 2. The normalized spacial score (nSPS) is 11.8. The fourth-order valence-corrected chi connectivity index (χ4v) is 3.24. The van der Waals surface area contributed by atoms with E-state index < -0.39 is 11.0 Å². The molecule has 3 rings (SSSR count). The van der Waals surface area contributed by atoms with Gasteiger partial charge in [-0.25, -0.2) is 4.21 Å². The van der Waals surface area contributed by atoms with Gasteiger partial charge in [0.2, 0.25) is 0 Å². The minimum Gasteiger partial charge on any atom is -0.229 e. The summed E-state index contributed by atoms with van der Waals surface area (Å²) in [7, 11) is -1.44. The van der Waals surface area contributed by atoms with E-state index in [2.05, 4.69) is 18.2 Å². The highest BCUT2D eigenvalue weighted by Gasteiger charge is 2.10. The van der Waals surface area contributed by atoms with Gasteiger partial charge in [-0.3, -0.25) is 0 Å². The van der Waals surface area contributed by atoms with E-state index in [9.17, 15) is 4.21 Å². The quantitative estimate of drug-likeness (QED) is 0.627. The molecule has 3 aromatic rings. The maximum Gasteiger partial charge on any atom is 0.173 e. The van der Waals surface area contributed by atoms with Gasteiger partial charge in [0.25, 0.3) is 0 Å². The van der Waals surface area contributed by atoms with Crippen molar-refractivity contribution in [3.63, 3.8) is 0 Å². The first kappa shape index (κ1) is 16.3. The average Bonchev–Trinajstić information content (AvgIpc) is 2.62. The van der Waals surface area contributed by atoms with E-state index in [1.54, 1.807) is 0 Å². The van der Waals surface area contributed by atoms with E-state index in [1.165, 1.54) is 11.1 Å². The molecule has 0 unspecified atom stereocenters. The minimum absolute atomic E-state index is 0.703. The lowest BCUT2D eigenvalue weighted by atomic mass is 10.0. The second-order valence-corrected chi connectivity index (χ2v) is 6.89. The van der Waals surface area contributed by atoms with Crippen molar-refractivity contribution in [1.29, 1.82) is 0 Å². The fourth-order valence-electron chi connectivity index (χ4n) is 2.37. The first-order valence-corrected chi connectivity index (χ1v) is 8.94. The van der Waals surface area contributed by atoms with Crippen LogP contribution in [0.3, 0.4) is 0 Å². The Morgan fingerprint density at radius 2 is 1.17 bits per heavy atom. The third kappa shape index (κ3) is 3.87. The van der Waals surface area contributed by atoms with Gasteiger partial charge < -0.3 is 0 Å². The molecule has 3 aromatic carbocycles. The molecule has 0 amide bonds. The maximum absolute atomic E-state index is 12.7. The molecule has 0 radical (unpaired) electrons. The summed E-state index contributed by atoms with van der Waals surface area (Å²) in [5.74, 6) is 0. The van der Waals surface area contributed by atoms with Crippen LogP contribution in [0, 0.1) is 13.8 Å². The Morgan fingerprint density at radius 3 is 1.62 bits per heavy atom. The zero-order valence-corrected chi connectivity index (χ0v) is 14.6. The van der Waals surface area contributed by atoms with Gasteiger partial charge in [-0.2, -0.15) is 4.40 Å². The number of benzene rings is 3. The average molecular weight is 333 g/mol. The van der Waals surface area contributed by atoms with Crippen LogP contribution in [0.2, 0.25) is 0 Å². The van der Waals surface area contributed by atoms with Gasteiger partial charge in [-0.05, 0) is 26.0 Å². The van der Waals surface area contributed by atoms with E-state index in [4.69, 9.17) is 0 Å². The van der Waals surface area contributed by atoms with Gasteiger partial charge in [0.15, 0.2) is 11.0 Å². The Hall–Kier alpha value is -2.52. The minimum atomic E-state index is -1.44. The molecule has 3 heteroatoms. The lowest BCUT2D eigenvalue weighted by molar-refractivity contribution is 0.684. The highest BCUT2D eigenvalue weighted by Crippen LogP contribution is 2.16. The molecule has 0 bridgehead atoms. The van der Waals surface area contributed by atoms with Crippen LogP contribution >= 0.6 is 0 Å². The first-order chi connectivity index (χ1) is 11.6. The summed E-state index contributed by atoms with van der Waals surface area (Å²) >= 11 is 0. The van der Waals surface area contributed by atoms with Crippen LogP contribution in [-0.4, -0.2) is 9.92 Å². The molecule has 24 heavy (non-hydrogen) atoms. The molecule has 0 aliphatic heterocycles. The van der Waals surface area contributed by atoms with Crippen LogP contribution < -0.4 is 0 Å². The second kappa shape index (κ2) is 7.37. The summed E-state index contributed by atoms with van der Waals surface area (Å²) in [5.41, 5.74) is 5.05. The molecule has 0 fully saturated rings. The van der Waals surface area contributed by atoms with E-state index in [1.807, 2.05) is 78.9 Å². The largest absolute Gasteiger partial charge is 0.229 e. The Morgan fingerprint density at radius 1 is 0.708 bits per heavy atom. The van der Waals surface area contributed by atoms with Crippen LogP contribution in [0.5, 0.6) is 0 Å². The van der Waals surface area contributed by atoms with Gasteiger partial charge >= 0.3 is 0 Å². The zero-order valence-electron chi connectivity index (χ0n) is 13.8. The van der Waals surface area contributed by atoms with Crippen LogP contribution in [0.25, 0.3) is 0 Å². The van der Waals surface area contributed by atoms with E-state index in [0.717, 1.165) is 16.8 Å². The molecule has 0 spiro atoms. The van der Waals surface area contributed by atoms with Crippen molar-refractivity contribution in [3.05, 3.63) is 101 Å². The lowest BCUT2D eigenvalue weighted by Gasteiger charge is -2.08. The molecular formula is C21H19NOS. The van der Waals surface area contributed by atoms with Gasteiger partial charge in [0.1, 0.15) is 0 Å². The molecule has 2 nitrogen and oxygen atoms in total. The Kier molecular flexibility index (Phi) is 5.02. The fraction of sp³-hybridized carbons (Fsp3) is 0.0952. The molecular weight excluding hydrogens is 314 g/mol. The van der Waals surface area contributed by atoms with Crippen LogP contribution in [-0.2, 0) is 11.0 Å². The van der Waals surface area contributed by atoms with Crippen molar-refractivity contribution in [1.82, 2.24) is 0 Å². The van der Waals surface area contributed by atoms with Crippen LogP contribution in [0.1, 0.15) is 22.3 Å². The third-order valence-electron chi connectivity index (χ3n) is 3.77. The van der Waals surface area contributed by atoms with Crippen molar-refractivity contribution in [2.24, 2.45) is 4.40 Å². The smallest absolute Gasteiger partial charge is 0.173 e. The second-order valence-electron chi connectivity index (χ2n) is 5.73. The SMILES string of the molecule is Cc1ccc(C(=N[S@@](=O)c2ccccc2)c2ccc(C)cc2)cc1. The molecule has 120 valence electrons. The molecule has 0 heterocycles. The molecule has 0 aliphatic carbocycles. The number of nitrogens with zero attached hydrogens (tertiary/aromatic N) is 1. The van der Waals surface area contributed by atoms with Crippen molar-refractivity contribution in [2.45, 2.75) is 18.7 Å². The number of hydrogen-bond donors (Lipinski definition) is 0. The molecule has 0 N–H and O–H groups in total. The van der Waals surface area contributed by atoms with Crippen molar-refractivity contribution < 1.29 is 4.21 Å². The molecule has 0 saturated heterocycles. The maximum atomic E-state index is 12.7. The molecule has 0 saturated carbocycles. The summed E-state index contributed by atoms with van der Waals surface area (Å²) in [6, 6.07) is 25.6. The van der Waals surface area contributed by atoms with Crippen molar-refractivity contribution >= 4 is 16.7 Å². The molecule has 1 atom stereocenters. The zero-order chi connectivity index (χ0) is 16.9.